The summed E-state index contributed by atoms with van der Waals surface area (Å²) in [5.74, 6) is -10.4. The number of fused-ring (bicyclic) bond motifs is 4. The monoisotopic (exact) mass is 853 g/mol. The number of ketones is 1. The van der Waals surface area contributed by atoms with E-state index in [0.29, 0.717) is 46.8 Å². The van der Waals surface area contributed by atoms with Gasteiger partial charge in [-0.15, -0.1) is 0 Å². The summed E-state index contributed by atoms with van der Waals surface area (Å²) < 4.78 is 118. The van der Waals surface area contributed by atoms with Gasteiger partial charge in [-0.1, -0.05) is 17.4 Å². The highest BCUT2D eigenvalue weighted by Crippen LogP contribution is 2.68. The maximum Gasteiger partial charge on any atom is 0.435 e. The van der Waals surface area contributed by atoms with E-state index in [1.54, 1.807) is 18.5 Å². The lowest BCUT2D eigenvalue weighted by atomic mass is 9.94. The highest BCUT2D eigenvalue weighted by Gasteiger charge is 2.68. The lowest BCUT2D eigenvalue weighted by molar-refractivity contribution is -0.142. The Hall–Kier alpha value is -6.05. The van der Waals surface area contributed by atoms with Gasteiger partial charge >= 0.3 is 6.18 Å². The molecule has 6 aromatic rings. The van der Waals surface area contributed by atoms with Crippen LogP contribution in [0, 0.1) is 23.4 Å². The van der Waals surface area contributed by atoms with Crippen LogP contribution in [0.3, 0.4) is 0 Å². The molecule has 5 heterocycles. The van der Waals surface area contributed by atoms with Crippen molar-refractivity contribution in [2.45, 2.75) is 50.4 Å². The highest BCUT2D eigenvalue weighted by molar-refractivity contribution is 7.22. The van der Waals surface area contributed by atoms with E-state index in [0.717, 1.165) is 23.9 Å². The third-order valence-electron chi connectivity index (χ3n) is 11.0. The summed E-state index contributed by atoms with van der Waals surface area (Å²) in [6, 6.07) is 6.73. The molecule has 1 N–H and O–H groups in total. The molecule has 0 radical (unpaired) electrons. The first-order chi connectivity index (χ1) is 28.5. The Morgan fingerprint density at radius 3 is 2.33 bits per heavy atom. The second-order valence-electron chi connectivity index (χ2n) is 15.0. The number of carbonyl (C=O) groups is 2. The number of alkyl halides is 5. The molecule has 20 heteroatoms. The highest BCUT2D eigenvalue weighted by atomic mass is 32.1. The van der Waals surface area contributed by atoms with Crippen molar-refractivity contribution in [3.8, 4) is 11.1 Å². The first-order valence-corrected chi connectivity index (χ1v) is 19.5. The molecule has 0 bridgehead atoms. The van der Waals surface area contributed by atoms with Crippen LogP contribution in [0.4, 0.5) is 45.9 Å². The van der Waals surface area contributed by atoms with Crippen LogP contribution < -0.4 is 15.1 Å². The maximum absolute atomic E-state index is 15.4. The van der Waals surface area contributed by atoms with Gasteiger partial charge in [0.1, 0.15) is 36.0 Å². The van der Waals surface area contributed by atoms with Crippen LogP contribution in [0.2, 0.25) is 0 Å². The van der Waals surface area contributed by atoms with Gasteiger partial charge in [-0.25, -0.2) is 28.1 Å². The zero-order valence-electron chi connectivity index (χ0n) is 31.3. The molecule has 2 fully saturated rings. The minimum absolute atomic E-state index is 0.0284. The van der Waals surface area contributed by atoms with Gasteiger partial charge in [0, 0.05) is 49.3 Å². The smallest absolute Gasteiger partial charge is 0.365 e. The Morgan fingerprint density at radius 1 is 0.950 bits per heavy atom. The maximum atomic E-state index is 15.4. The summed E-state index contributed by atoms with van der Waals surface area (Å²) in [5.41, 5.74) is -1.72. The predicted octanol–water partition coefficient (Wildman–Crippen LogP) is 7.62. The molecule has 0 unspecified atom stereocenters. The van der Waals surface area contributed by atoms with Crippen molar-refractivity contribution >= 4 is 44.2 Å². The van der Waals surface area contributed by atoms with Crippen LogP contribution >= 0.6 is 11.3 Å². The molecule has 1 saturated carbocycles. The number of hydrogen-bond donors (Lipinski definition) is 1. The molecule has 9 rings (SSSR count). The van der Waals surface area contributed by atoms with Crippen molar-refractivity contribution in [2.24, 2.45) is 5.92 Å². The molecule has 0 spiro atoms. The zero-order valence-corrected chi connectivity index (χ0v) is 32.1. The third-order valence-corrected chi connectivity index (χ3v) is 12.1. The quantitative estimate of drug-likeness (QED) is 0.110. The van der Waals surface area contributed by atoms with E-state index in [1.807, 2.05) is 4.90 Å². The minimum Gasteiger partial charge on any atom is -0.365 e. The van der Waals surface area contributed by atoms with E-state index in [-0.39, 0.29) is 46.4 Å². The Bertz CT molecular complexity index is 2660. The van der Waals surface area contributed by atoms with E-state index in [1.165, 1.54) is 36.7 Å². The fraction of sp³-hybridized carbons (Fsp3) is 0.325. The number of thiazole rings is 1. The number of piperazine rings is 1. The topological polar surface area (TPSA) is 122 Å². The van der Waals surface area contributed by atoms with Gasteiger partial charge in [-0.3, -0.25) is 14.3 Å². The number of halogens is 8. The number of carbonyl (C=O) groups excluding carboxylic acids is 2. The van der Waals surface area contributed by atoms with Gasteiger partial charge < -0.3 is 15.1 Å². The van der Waals surface area contributed by atoms with Crippen molar-refractivity contribution in [3.63, 3.8) is 0 Å². The number of amides is 1. The van der Waals surface area contributed by atoms with E-state index in [4.69, 9.17) is 9.97 Å². The number of nitrogens with one attached hydrogen (secondary N) is 1. The number of rotatable bonds is 10. The molecule has 2 aliphatic carbocycles. The second kappa shape index (κ2) is 14.6. The number of aromatic nitrogens is 6. The lowest BCUT2D eigenvalue weighted by Gasteiger charge is -2.35. The average molecular weight is 854 g/mol. The van der Waals surface area contributed by atoms with E-state index >= 15 is 8.78 Å². The van der Waals surface area contributed by atoms with Crippen LogP contribution in [-0.4, -0.2) is 67.6 Å². The molecule has 310 valence electrons. The first kappa shape index (κ1) is 39.4. The Balaban J connectivity index is 1.12. The van der Waals surface area contributed by atoms with Gasteiger partial charge in [0.2, 0.25) is 5.91 Å². The fourth-order valence-corrected chi connectivity index (χ4v) is 9.22. The number of benzene rings is 2. The number of Topliss-reactive ketones (excluding diaryl/α,β-unsaturated/α-hetero) is 1. The molecule has 60 heavy (non-hydrogen) atoms. The van der Waals surface area contributed by atoms with Crippen LogP contribution in [0.25, 0.3) is 21.5 Å². The number of nitrogens with zero attached hydrogens (tertiary/aromatic N) is 8. The van der Waals surface area contributed by atoms with Gasteiger partial charge in [-0.2, -0.15) is 32.0 Å². The van der Waals surface area contributed by atoms with Crippen LogP contribution in [0.1, 0.15) is 63.9 Å². The molecule has 1 amide bonds. The predicted molar refractivity (Wildman–Crippen MR) is 202 cm³/mol. The SMILES string of the molecule is CC(=O)c1cc(-c2cc3sc(N4CCN(c5cncnc5)CC4)nc3nc2[C@H](Cc2cc(F)cc(F)c2)NC(=O)Cn2nc(C(F)(F)F)c3c2C(F)(F)[C@@H]2C[C@H]32)ccc1F. The van der Waals surface area contributed by atoms with Crippen molar-refractivity contribution in [1.29, 1.82) is 0 Å². The Morgan fingerprint density at radius 2 is 1.65 bits per heavy atom. The molecule has 11 nitrogen and oxygen atoms in total. The fourth-order valence-electron chi connectivity index (χ4n) is 8.22. The standard InChI is InChI=1S/C40H31F8N9O2S/c1-19(58)25-11-21(2-3-29(25)43)26-14-31-37(53-38(60-31)56-6-4-55(5-7-56)24-15-49-18-50-16-24)52-34(26)30(10-20-8-22(41)12-23(42)9-20)51-32(59)17-57-36-33(35(54-57)40(46,47)48)27-13-28(27)39(36,44)45/h2-3,8-9,11-12,14-16,18,27-28,30H,4-7,10,13,17H2,1H3,(H,51,59)/t27-,28+,30-/m0/s1. The van der Waals surface area contributed by atoms with E-state index in [9.17, 15) is 35.9 Å². The summed E-state index contributed by atoms with van der Waals surface area (Å²) in [6.07, 6.45) is -0.700. The van der Waals surface area contributed by atoms with Crippen molar-refractivity contribution in [3.05, 3.63) is 112 Å². The van der Waals surface area contributed by atoms with Gasteiger partial charge in [0.25, 0.3) is 5.92 Å². The molecule has 3 atom stereocenters. The van der Waals surface area contributed by atoms with Gasteiger partial charge in [0.15, 0.2) is 22.3 Å². The summed E-state index contributed by atoms with van der Waals surface area (Å²) in [7, 11) is 0. The first-order valence-electron chi connectivity index (χ1n) is 18.7. The van der Waals surface area contributed by atoms with E-state index in [2.05, 4.69) is 25.3 Å². The number of hydrogen-bond acceptors (Lipinski definition) is 10. The Labute approximate surface area is 339 Å². The molecule has 1 saturated heterocycles. The van der Waals surface area contributed by atoms with Crippen LogP contribution in [-0.2, 0) is 29.9 Å². The molecule has 1 aliphatic heterocycles. The molecule has 2 aromatic carbocycles. The second-order valence-corrected chi connectivity index (χ2v) is 16.0. The summed E-state index contributed by atoms with van der Waals surface area (Å²) in [6.45, 7) is 2.47. The van der Waals surface area contributed by atoms with Crippen molar-refractivity contribution in [2.75, 3.05) is 36.0 Å². The van der Waals surface area contributed by atoms with Gasteiger partial charge in [0.05, 0.1) is 40.1 Å². The van der Waals surface area contributed by atoms with Gasteiger partial charge in [-0.05, 0) is 67.1 Å². The molecular weight excluding hydrogens is 823 g/mol. The Kier molecular flexibility index (Phi) is 9.59. The number of anilines is 2. The number of pyridine rings is 1. The van der Waals surface area contributed by atoms with E-state index < -0.39 is 82.6 Å². The zero-order chi connectivity index (χ0) is 42.2. The average Bonchev–Trinajstić information content (AvgIpc) is 3.65. The minimum atomic E-state index is -5.07. The third kappa shape index (κ3) is 7.19. The summed E-state index contributed by atoms with van der Waals surface area (Å²) in [4.78, 5) is 48.3. The largest absolute Gasteiger partial charge is 0.435 e. The molecule has 3 aliphatic rings. The van der Waals surface area contributed by atoms with Crippen molar-refractivity contribution in [1.82, 2.24) is 35.0 Å². The van der Waals surface area contributed by atoms with Crippen molar-refractivity contribution < 1.29 is 44.7 Å². The lowest BCUT2D eigenvalue weighted by Crippen LogP contribution is -2.46. The summed E-state index contributed by atoms with van der Waals surface area (Å²) >= 11 is 1.29. The molecule has 4 aromatic heterocycles. The van der Waals surface area contributed by atoms with Crippen LogP contribution in [0.5, 0.6) is 0 Å². The molecular formula is C40H31F8N9O2S. The normalized spacial score (nSPS) is 18.7. The van der Waals surface area contributed by atoms with Crippen LogP contribution in [0.15, 0.2) is 61.2 Å². The summed E-state index contributed by atoms with van der Waals surface area (Å²) in [5, 5.41) is 6.70.